The first kappa shape index (κ1) is 20.9. The van der Waals surface area contributed by atoms with Gasteiger partial charge in [0.2, 0.25) is 15.9 Å². The van der Waals surface area contributed by atoms with Crippen LogP contribution in [0.3, 0.4) is 0 Å². The molecule has 0 bridgehead atoms. The van der Waals surface area contributed by atoms with Gasteiger partial charge >= 0.3 is 0 Å². The Balaban J connectivity index is 2.13. The number of nitrogens with two attached hydrogens (primary N) is 1. The number of hydrogen-bond donors (Lipinski definition) is 2. The molecule has 0 saturated heterocycles. The minimum absolute atomic E-state index is 0.0627. The van der Waals surface area contributed by atoms with Crippen molar-refractivity contribution in [3.63, 3.8) is 0 Å². The van der Waals surface area contributed by atoms with Gasteiger partial charge in [0.05, 0.1) is 11.6 Å². The summed E-state index contributed by atoms with van der Waals surface area (Å²) in [6.07, 6.45) is 0.756. The van der Waals surface area contributed by atoms with Gasteiger partial charge in [0.15, 0.2) is 0 Å². The topological polar surface area (TPSA) is 110 Å². The molecule has 0 aliphatic rings. The SMILES string of the molecule is CCc1ccccc1NC(=O)CN(C)C(=O)c1ccc(Cl)c(S(N)(=O)=O)c1. The number of nitrogens with zero attached hydrogens (tertiary/aromatic N) is 1. The first-order chi connectivity index (χ1) is 12.6. The van der Waals surface area contributed by atoms with Crippen LogP contribution in [-0.2, 0) is 21.2 Å². The van der Waals surface area contributed by atoms with Crippen LogP contribution in [0.15, 0.2) is 47.4 Å². The highest BCUT2D eigenvalue weighted by Gasteiger charge is 2.20. The molecule has 0 atom stereocenters. The van der Waals surface area contributed by atoms with E-state index in [9.17, 15) is 18.0 Å². The lowest BCUT2D eigenvalue weighted by Gasteiger charge is -2.18. The molecule has 3 N–H and O–H groups in total. The number of benzene rings is 2. The minimum Gasteiger partial charge on any atom is -0.332 e. The fourth-order valence-corrected chi connectivity index (χ4v) is 3.57. The molecule has 0 aliphatic carbocycles. The maximum Gasteiger partial charge on any atom is 0.254 e. The van der Waals surface area contributed by atoms with Crippen LogP contribution in [0.5, 0.6) is 0 Å². The van der Waals surface area contributed by atoms with Crippen LogP contribution in [-0.4, -0.2) is 38.7 Å². The summed E-state index contributed by atoms with van der Waals surface area (Å²) in [5.41, 5.74) is 1.73. The Morgan fingerprint density at radius 1 is 1.19 bits per heavy atom. The summed E-state index contributed by atoms with van der Waals surface area (Å²) in [5.74, 6) is -0.900. The molecule has 27 heavy (non-hydrogen) atoms. The summed E-state index contributed by atoms with van der Waals surface area (Å²) in [4.78, 5) is 25.6. The van der Waals surface area contributed by atoms with Crippen LogP contribution in [0, 0.1) is 0 Å². The van der Waals surface area contributed by atoms with E-state index in [2.05, 4.69) is 5.32 Å². The molecule has 0 radical (unpaired) electrons. The van der Waals surface area contributed by atoms with Gasteiger partial charge in [-0.1, -0.05) is 36.7 Å². The first-order valence-electron chi connectivity index (χ1n) is 8.09. The molecule has 0 spiro atoms. The third-order valence-electron chi connectivity index (χ3n) is 3.88. The van der Waals surface area contributed by atoms with Crippen LogP contribution in [0.2, 0.25) is 5.02 Å². The molecule has 0 unspecified atom stereocenters. The van der Waals surface area contributed by atoms with Gasteiger partial charge in [-0.05, 0) is 36.2 Å². The third-order valence-corrected chi connectivity index (χ3v) is 5.28. The standard InChI is InChI=1S/C18H20ClN3O4S/c1-3-12-6-4-5-7-15(12)21-17(23)11-22(2)18(24)13-8-9-14(19)16(10-13)27(20,25)26/h4-10H,3,11H2,1-2H3,(H,21,23)(H2,20,25,26). The van der Waals surface area contributed by atoms with E-state index in [4.69, 9.17) is 16.7 Å². The van der Waals surface area contributed by atoms with Gasteiger partial charge in [-0.25, -0.2) is 13.6 Å². The zero-order valence-electron chi connectivity index (χ0n) is 14.9. The molecule has 0 saturated carbocycles. The van der Waals surface area contributed by atoms with Crippen LogP contribution < -0.4 is 10.5 Å². The van der Waals surface area contributed by atoms with Crippen molar-refractivity contribution in [2.24, 2.45) is 5.14 Å². The second-order valence-electron chi connectivity index (χ2n) is 5.91. The lowest BCUT2D eigenvalue weighted by Crippen LogP contribution is -2.35. The van der Waals surface area contributed by atoms with Crippen molar-refractivity contribution in [3.05, 3.63) is 58.6 Å². The second kappa shape index (κ2) is 8.51. The third kappa shape index (κ3) is 5.29. The van der Waals surface area contributed by atoms with E-state index >= 15 is 0 Å². The zero-order valence-corrected chi connectivity index (χ0v) is 16.5. The van der Waals surface area contributed by atoms with E-state index in [1.54, 1.807) is 6.07 Å². The van der Waals surface area contributed by atoms with Crippen molar-refractivity contribution >= 4 is 39.1 Å². The number of carbonyl (C=O) groups excluding carboxylic acids is 2. The van der Waals surface area contributed by atoms with Gasteiger partial charge in [-0.2, -0.15) is 0 Å². The number of anilines is 1. The van der Waals surface area contributed by atoms with Crippen molar-refractivity contribution < 1.29 is 18.0 Å². The molecule has 0 aliphatic heterocycles. The normalized spacial score (nSPS) is 11.1. The molecule has 144 valence electrons. The Bertz CT molecular complexity index is 976. The number of amides is 2. The number of likely N-dealkylation sites (N-methyl/N-ethyl adjacent to an activating group) is 1. The lowest BCUT2D eigenvalue weighted by atomic mass is 10.1. The predicted molar refractivity (Wildman–Crippen MR) is 104 cm³/mol. The smallest absolute Gasteiger partial charge is 0.254 e. The number of halogens is 1. The van der Waals surface area contributed by atoms with Gasteiger partial charge in [-0.3, -0.25) is 9.59 Å². The Kier molecular flexibility index (Phi) is 6.59. The van der Waals surface area contributed by atoms with E-state index in [1.165, 1.54) is 24.1 Å². The summed E-state index contributed by atoms with van der Waals surface area (Å²) < 4.78 is 23.1. The molecule has 0 aromatic heterocycles. The average Bonchev–Trinajstić information content (AvgIpc) is 2.60. The summed E-state index contributed by atoms with van der Waals surface area (Å²) in [5, 5.41) is 7.79. The highest BCUT2D eigenvalue weighted by Crippen LogP contribution is 2.22. The number of rotatable bonds is 6. The van der Waals surface area contributed by atoms with Gasteiger partial charge in [0, 0.05) is 18.3 Å². The average molecular weight is 410 g/mol. The monoisotopic (exact) mass is 409 g/mol. The number of aryl methyl sites for hydroxylation is 1. The molecular weight excluding hydrogens is 390 g/mol. The number of primary sulfonamides is 1. The van der Waals surface area contributed by atoms with Gasteiger partial charge in [0.1, 0.15) is 4.90 Å². The molecule has 0 heterocycles. The largest absolute Gasteiger partial charge is 0.332 e. The summed E-state index contributed by atoms with van der Waals surface area (Å²) in [6, 6.07) is 11.1. The maximum absolute atomic E-state index is 12.5. The highest BCUT2D eigenvalue weighted by atomic mass is 35.5. The fraction of sp³-hybridized carbons (Fsp3) is 0.222. The molecule has 0 fully saturated rings. The van der Waals surface area contributed by atoms with Crippen LogP contribution in [0.1, 0.15) is 22.8 Å². The van der Waals surface area contributed by atoms with Crippen molar-refractivity contribution in [1.82, 2.24) is 4.90 Å². The van der Waals surface area contributed by atoms with Gasteiger partial charge < -0.3 is 10.2 Å². The van der Waals surface area contributed by atoms with E-state index in [0.717, 1.165) is 18.1 Å². The van der Waals surface area contributed by atoms with Crippen LogP contribution in [0.25, 0.3) is 0 Å². The maximum atomic E-state index is 12.5. The van der Waals surface area contributed by atoms with Crippen molar-refractivity contribution in [1.29, 1.82) is 0 Å². The first-order valence-corrected chi connectivity index (χ1v) is 10.0. The number of nitrogens with one attached hydrogen (secondary N) is 1. The Morgan fingerprint density at radius 3 is 2.48 bits per heavy atom. The quantitative estimate of drug-likeness (QED) is 0.762. The number of hydrogen-bond acceptors (Lipinski definition) is 4. The van der Waals surface area contributed by atoms with E-state index < -0.39 is 15.9 Å². The fourth-order valence-electron chi connectivity index (χ4n) is 2.50. The van der Waals surface area contributed by atoms with E-state index in [0.29, 0.717) is 5.69 Å². The van der Waals surface area contributed by atoms with Crippen molar-refractivity contribution in [2.45, 2.75) is 18.2 Å². The Labute approximate surface area is 163 Å². The van der Waals surface area contributed by atoms with E-state index in [-0.39, 0.29) is 27.9 Å². The molecule has 7 nitrogen and oxygen atoms in total. The molecule has 2 aromatic carbocycles. The molecule has 2 rings (SSSR count). The number of carbonyl (C=O) groups is 2. The molecule has 2 aromatic rings. The summed E-state index contributed by atoms with van der Waals surface area (Å²) >= 11 is 5.82. The summed E-state index contributed by atoms with van der Waals surface area (Å²) in [7, 11) is -2.63. The predicted octanol–water partition coefficient (Wildman–Crippen LogP) is 2.26. The second-order valence-corrected chi connectivity index (χ2v) is 7.85. The minimum atomic E-state index is -4.07. The van der Waals surface area contributed by atoms with E-state index in [1.807, 2.05) is 25.1 Å². The molecule has 9 heteroatoms. The number of sulfonamides is 1. The molecular formula is C18H20ClN3O4S. The summed E-state index contributed by atoms with van der Waals surface area (Å²) in [6.45, 7) is 1.77. The number of para-hydroxylation sites is 1. The van der Waals surface area contributed by atoms with Crippen molar-refractivity contribution in [3.8, 4) is 0 Å². The highest BCUT2D eigenvalue weighted by molar-refractivity contribution is 7.89. The van der Waals surface area contributed by atoms with Crippen molar-refractivity contribution in [2.75, 3.05) is 18.9 Å². The lowest BCUT2D eigenvalue weighted by molar-refractivity contribution is -0.116. The van der Waals surface area contributed by atoms with Crippen LogP contribution >= 0.6 is 11.6 Å². The Hall–Kier alpha value is -2.42. The van der Waals surface area contributed by atoms with Crippen LogP contribution in [0.4, 0.5) is 5.69 Å². The van der Waals surface area contributed by atoms with Gasteiger partial charge in [-0.15, -0.1) is 0 Å². The molecule has 2 amide bonds. The van der Waals surface area contributed by atoms with Gasteiger partial charge in [0.25, 0.3) is 5.91 Å². The zero-order chi connectivity index (χ0) is 20.2. The Morgan fingerprint density at radius 2 is 1.85 bits per heavy atom.